The minimum Gasteiger partial charge on any atom is -0.308 e. The van der Waals surface area contributed by atoms with Gasteiger partial charge in [-0.1, -0.05) is 18.2 Å². The zero-order valence-corrected chi connectivity index (χ0v) is 12.2. The molecule has 3 heterocycles. The Hall–Kier alpha value is -1.34. The van der Waals surface area contributed by atoms with Crippen molar-refractivity contribution in [3.63, 3.8) is 0 Å². The van der Waals surface area contributed by atoms with Crippen molar-refractivity contribution in [2.45, 2.75) is 24.5 Å². The lowest BCUT2D eigenvalue weighted by molar-refractivity contribution is 0.267. The van der Waals surface area contributed by atoms with Crippen LogP contribution in [0.4, 0.5) is 4.39 Å². The third-order valence-corrected chi connectivity index (χ3v) is 5.39. The van der Waals surface area contributed by atoms with Crippen LogP contribution in [-0.2, 0) is 0 Å². The van der Waals surface area contributed by atoms with E-state index in [2.05, 4.69) is 21.2 Å². The van der Waals surface area contributed by atoms with Crippen LogP contribution in [0.5, 0.6) is 0 Å². The van der Waals surface area contributed by atoms with Gasteiger partial charge in [-0.2, -0.15) is 0 Å². The van der Waals surface area contributed by atoms with E-state index in [0.717, 1.165) is 18.5 Å². The summed E-state index contributed by atoms with van der Waals surface area (Å²) in [7, 11) is 0. The van der Waals surface area contributed by atoms with Crippen LogP contribution in [0.25, 0.3) is 0 Å². The van der Waals surface area contributed by atoms with E-state index in [1.54, 1.807) is 17.4 Å². The summed E-state index contributed by atoms with van der Waals surface area (Å²) in [4.78, 5) is 5.42. The molecule has 1 aromatic heterocycles. The van der Waals surface area contributed by atoms with Crippen molar-refractivity contribution in [2.24, 2.45) is 5.92 Å². The van der Waals surface area contributed by atoms with Gasteiger partial charge in [0, 0.05) is 35.3 Å². The van der Waals surface area contributed by atoms with Gasteiger partial charge in [0.15, 0.2) is 0 Å². The number of rotatable bonds is 2. The lowest BCUT2D eigenvalue weighted by Gasteiger charge is -2.33. The lowest BCUT2D eigenvalue weighted by atomic mass is 9.81. The quantitative estimate of drug-likeness (QED) is 0.796. The van der Waals surface area contributed by atoms with Gasteiger partial charge in [-0.15, -0.1) is 11.3 Å². The highest BCUT2D eigenvalue weighted by molar-refractivity contribution is 7.09. The molecule has 0 bridgehead atoms. The summed E-state index contributed by atoms with van der Waals surface area (Å²) in [5, 5.41) is 3.55. The fourth-order valence-corrected chi connectivity index (χ4v) is 4.13. The topological polar surface area (TPSA) is 49.0 Å². The van der Waals surface area contributed by atoms with Gasteiger partial charge in [-0.05, 0) is 18.4 Å². The number of nitrogens with zero attached hydrogens (tertiary/aromatic N) is 1. The second kappa shape index (κ2) is 5.46. The predicted octanol–water partition coefficient (Wildman–Crippen LogP) is 2.15. The molecule has 110 valence electrons. The molecular weight excluding hydrogens is 287 g/mol. The Bertz CT molecular complexity index is 618. The number of fused-ring (bicyclic) bond motifs is 1. The third kappa shape index (κ3) is 2.38. The summed E-state index contributed by atoms with van der Waals surface area (Å²) >= 11 is 1.68. The normalized spacial score (nSPS) is 32.0. The average Bonchev–Trinajstić information content (AvgIpc) is 3.17. The number of piperidine rings is 1. The van der Waals surface area contributed by atoms with Crippen molar-refractivity contribution in [2.75, 3.05) is 6.54 Å². The van der Waals surface area contributed by atoms with Crippen molar-refractivity contribution in [3.8, 4) is 0 Å². The van der Waals surface area contributed by atoms with Crippen LogP contribution in [0.15, 0.2) is 36.0 Å². The molecule has 0 saturated carbocycles. The fraction of sp³-hybridized carbons (Fsp3) is 0.400. The molecule has 4 nitrogen and oxygen atoms in total. The number of thiazole rings is 1. The Morgan fingerprint density at radius 2 is 2.14 bits per heavy atom. The maximum absolute atomic E-state index is 14.1. The van der Waals surface area contributed by atoms with Crippen LogP contribution >= 0.6 is 11.3 Å². The van der Waals surface area contributed by atoms with Gasteiger partial charge in [-0.25, -0.2) is 9.82 Å². The molecule has 2 aliphatic rings. The van der Waals surface area contributed by atoms with Gasteiger partial charge in [0.05, 0.1) is 11.6 Å². The smallest absolute Gasteiger partial charge is 0.128 e. The van der Waals surface area contributed by atoms with Gasteiger partial charge in [0.1, 0.15) is 5.82 Å². The van der Waals surface area contributed by atoms with Crippen LogP contribution < -0.4 is 16.2 Å². The molecule has 4 rings (SSSR count). The van der Waals surface area contributed by atoms with E-state index < -0.39 is 0 Å². The fourth-order valence-electron chi connectivity index (χ4n) is 3.42. The Kier molecular flexibility index (Phi) is 3.46. The van der Waals surface area contributed by atoms with Crippen molar-refractivity contribution < 1.29 is 4.39 Å². The van der Waals surface area contributed by atoms with Crippen molar-refractivity contribution in [3.05, 3.63) is 52.2 Å². The van der Waals surface area contributed by atoms with Gasteiger partial charge < -0.3 is 5.32 Å². The van der Waals surface area contributed by atoms with Gasteiger partial charge in [0.25, 0.3) is 0 Å². The zero-order valence-electron chi connectivity index (χ0n) is 11.4. The summed E-state index contributed by atoms with van der Waals surface area (Å²) in [5.74, 6) is 0.237. The maximum Gasteiger partial charge on any atom is 0.128 e. The van der Waals surface area contributed by atoms with Crippen LogP contribution in [0.1, 0.15) is 28.9 Å². The van der Waals surface area contributed by atoms with Crippen LogP contribution in [0.2, 0.25) is 0 Å². The monoisotopic (exact) mass is 304 g/mol. The minimum absolute atomic E-state index is 0.0220. The lowest BCUT2D eigenvalue weighted by Crippen LogP contribution is -2.46. The van der Waals surface area contributed by atoms with E-state index >= 15 is 0 Å². The molecule has 21 heavy (non-hydrogen) atoms. The summed E-state index contributed by atoms with van der Waals surface area (Å²) in [5.41, 5.74) is 9.20. The van der Waals surface area contributed by atoms with Crippen LogP contribution in [0, 0.1) is 11.7 Å². The van der Waals surface area contributed by atoms with Crippen LogP contribution in [0.3, 0.4) is 0 Å². The summed E-state index contributed by atoms with van der Waals surface area (Å²) in [6.45, 7) is 0.880. The average molecular weight is 304 g/mol. The van der Waals surface area contributed by atoms with E-state index in [1.807, 2.05) is 23.8 Å². The number of nitrogens with one attached hydrogen (secondary N) is 3. The van der Waals surface area contributed by atoms with Gasteiger partial charge in [-0.3, -0.25) is 10.4 Å². The van der Waals surface area contributed by atoms with E-state index in [1.165, 1.54) is 10.9 Å². The second-order valence-corrected chi connectivity index (χ2v) is 6.58. The molecule has 6 heteroatoms. The van der Waals surface area contributed by atoms with Crippen LogP contribution in [-0.4, -0.2) is 17.6 Å². The molecule has 0 aliphatic carbocycles. The van der Waals surface area contributed by atoms with E-state index in [9.17, 15) is 4.39 Å². The van der Waals surface area contributed by atoms with Crippen molar-refractivity contribution in [1.82, 2.24) is 21.2 Å². The van der Waals surface area contributed by atoms with Crippen molar-refractivity contribution in [1.29, 1.82) is 0 Å². The first-order valence-electron chi connectivity index (χ1n) is 7.20. The number of hydrogen-bond acceptors (Lipinski definition) is 5. The molecular formula is C15H17FN4S. The van der Waals surface area contributed by atoms with E-state index in [0.29, 0.717) is 18.0 Å². The number of hydrogen-bond donors (Lipinski definition) is 3. The predicted molar refractivity (Wildman–Crippen MR) is 80.2 cm³/mol. The van der Waals surface area contributed by atoms with Gasteiger partial charge >= 0.3 is 0 Å². The Morgan fingerprint density at radius 1 is 1.24 bits per heavy atom. The second-order valence-electron chi connectivity index (χ2n) is 5.66. The molecule has 2 aliphatic heterocycles. The molecule has 0 amide bonds. The standard InChI is InChI=1S/C15H17FN4S/c16-11-4-2-1-3-9(11)15-10-5-12(14-7-17-8-21-14)18-6-13(10)19-20-15/h1-4,7-8,10,12-13,15,18-20H,5-6H2. The first kappa shape index (κ1) is 13.3. The number of halogens is 1. The minimum atomic E-state index is -0.134. The highest BCUT2D eigenvalue weighted by Crippen LogP contribution is 2.39. The number of hydrazine groups is 1. The highest BCUT2D eigenvalue weighted by atomic mass is 32.1. The first-order chi connectivity index (χ1) is 10.3. The molecule has 4 unspecified atom stereocenters. The Labute approximate surface area is 126 Å². The summed E-state index contributed by atoms with van der Waals surface area (Å²) in [6.07, 6.45) is 2.91. The molecule has 0 radical (unpaired) electrons. The molecule has 0 spiro atoms. The molecule has 2 fully saturated rings. The maximum atomic E-state index is 14.1. The Balaban J connectivity index is 1.59. The zero-order chi connectivity index (χ0) is 14.2. The summed E-state index contributed by atoms with van der Waals surface area (Å²) in [6, 6.07) is 7.71. The first-order valence-corrected chi connectivity index (χ1v) is 8.08. The van der Waals surface area contributed by atoms with Crippen molar-refractivity contribution >= 4 is 11.3 Å². The molecule has 3 N–H and O–H groups in total. The number of benzene rings is 1. The third-order valence-electron chi connectivity index (χ3n) is 4.50. The molecule has 2 aromatic rings. The SMILES string of the molecule is Fc1ccccc1C1NNC2CNC(c3cncs3)CC21. The number of aromatic nitrogens is 1. The molecule has 2 saturated heterocycles. The van der Waals surface area contributed by atoms with Gasteiger partial charge in [0.2, 0.25) is 0 Å². The van der Waals surface area contributed by atoms with E-state index in [-0.39, 0.29) is 11.9 Å². The molecule has 4 atom stereocenters. The Morgan fingerprint density at radius 3 is 2.95 bits per heavy atom. The largest absolute Gasteiger partial charge is 0.308 e. The van der Waals surface area contributed by atoms with E-state index in [4.69, 9.17) is 0 Å². The highest BCUT2D eigenvalue weighted by Gasteiger charge is 2.42. The summed E-state index contributed by atoms with van der Waals surface area (Å²) < 4.78 is 14.1. The molecule has 1 aromatic carbocycles.